The van der Waals surface area contributed by atoms with Gasteiger partial charge >= 0.3 is 0 Å². The molecule has 5 nitrogen and oxygen atoms in total. The molecule has 0 spiro atoms. The maximum atomic E-state index is 9.98. The van der Waals surface area contributed by atoms with E-state index in [0.29, 0.717) is 23.8 Å². The first-order chi connectivity index (χ1) is 10.1. The van der Waals surface area contributed by atoms with Crippen molar-refractivity contribution < 1.29 is 14.9 Å². The van der Waals surface area contributed by atoms with Gasteiger partial charge in [0.2, 0.25) is 0 Å². The number of nitrogens with zero attached hydrogens (tertiary/aromatic N) is 2. The molecule has 0 bridgehead atoms. The van der Waals surface area contributed by atoms with Crippen LogP contribution in [0.4, 0.5) is 0 Å². The number of nitriles is 1. The first-order valence-corrected chi connectivity index (χ1v) is 7.24. The van der Waals surface area contributed by atoms with E-state index in [0.717, 1.165) is 19.4 Å². The van der Waals surface area contributed by atoms with Crippen LogP contribution in [-0.4, -0.2) is 54.1 Å². The minimum Gasteiger partial charge on any atom is -0.491 e. The Labute approximate surface area is 125 Å². The van der Waals surface area contributed by atoms with Crippen molar-refractivity contribution in [1.82, 2.24) is 4.90 Å². The standard InChI is InChI=1S/C16H22N2O3/c1-18(9-13-5-14(19)6-13)10-15(20)11-21-16-4-2-3-12(7-16)8-17/h2-4,7,13-15,19-20H,5-6,9-11H2,1H3. The van der Waals surface area contributed by atoms with Crippen molar-refractivity contribution in [1.29, 1.82) is 5.26 Å². The second-order valence-electron chi connectivity index (χ2n) is 5.82. The van der Waals surface area contributed by atoms with Gasteiger partial charge in [0.25, 0.3) is 0 Å². The van der Waals surface area contributed by atoms with Crippen LogP contribution in [0, 0.1) is 17.2 Å². The summed E-state index contributed by atoms with van der Waals surface area (Å²) >= 11 is 0. The molecular weight excluding hydrogens is 268 g/mol. The van der Waals surface area contributed by atoms with E-state index >= 15 is 0 Å². The van der Waals surface area contributed by atoms with Crippen LogP contribution in [0.2, 0.25) is 0 Å². The van der Waals surface area contributed by atoms with Crippen molar-refractivity contribution in [3.63, 3.8) is 0 Å². The lowest BCUT2D eigenvalue weighted by Crippen LogP contribution is -2.40. The van der Waals surface area contributed by atoms with Crippen molar-refractivity contribution in [2.24, 2.45) is 5.92 Å². The summed E-state index contributed by atoms with van der Waals surface area (Å²) in [7, 11) is 1.96. The van der Waals surface area contributed by atoms with Gasteiger partial charge < -0.3 is 19.8 Å². The molecule has 0 saturated heterocycles. The second kappa shape index (κ2) is 7.41. The van der Waals surface area contributed by atoms with Gasteiger partial charge in [0.05, 0.1) is 17.7 Å². The summed E-state index contributed by atoms with van der Waals surface area (Å²) in [5.41, 5.74) is 0.544. The van der Waals surface area contributed by atoms with Crippen molar-refractivity contribution in [2.45, 2.75) is 25.0 Å². The van der Waals surface area contributed by atoms with Gasteiger partial charge in [-0.25, -0.2) is 0 Å². The predicted molar refractivity (Wildman–Crippen MR) is 78.9 cm³/mol. The van der Waals surface area contributed by atoms with Crippen LogP contribution in [-0.2, 0) is 0 Å². The summed E-state index contributed by atoms with van der Waals surface area (Å²) in [5.74, 6) is 1.13. The molecule has 21 heavy (non-hydrogen) atoms. The summed E-state index contributed by atoms with van der Waals surface area (Å²) in [6, 6.07) is 8.95. The molecule has 1 aliphatic rings. The molecule has 1 aromatic rings. The maximum Gasteiger partial charge on any atom is 0.120 e. The van der Waals surface area contributed by atoms with Gasteiger partial charge in [-0.05, 0) is 44.0 Å². The summed E-state index contributed by atoms with van der Waals surface area (Å²) < 4.78 is 5.51. The van der Waals surface area contributed by atoms with Gasteiger partial charge in [-0.2, -0.15) is 5.26 Å². The van der Waals surface area contributed by atoms with Gasteiger partial charge in [-0.1, -0.05) is 6.07 Å². The van der Waals surface area contributed by atoms with Crippen LogP contribution in [0.15, 0.2) is 24.3 Å². The fraction of sp³-hybridized carbons (Fsp3) is 0.562. The van der Waals surface area contributed by atoms with Crippen LogP contribution in [0.25, 0.3) is 0 Å². The van der Waals surface area contributed by atoms with Crippen molar-refractivity contribution in [3.8, 4) is 11.8 Å². The van der Waals surface area contributed by atoms with Gasteiger partial charge in [0.15, 0.2) is 0 Å². The average molecular weight is 290 g/mol. The Morgan fingerprint density at radius 2 is 2.24 bits per heavy atom. The summed E-state index contributed by atoms with van der Waals surface area (Å²) in [6.45, 7) is 1.62. The molecule has 1 unspecified atom stereocenters. The molecule has 0 aliphatic heterocycles. The zero-order chi connectivity index (χ0) is 15.2. The Bertz CT molecular complexity index is 495. The molecule has 1 aliphatic carbocycles. The van der Waals surface area contributed by atoms with E-state index in [1.54, 1.807) is 24.3 Å². The lowest BCUT2D eigenvalue weighted by Gasteiger charge is -2.35. The Morgan fingerprint density at radius 3 is 2.90 bits per heavy atom. The normalized spacial score (nSPS) is 22.4. The number of rotatable bonds is 7. The van der Waals surface area contributed by atoms with E-state index < -0.39 is 6.10 Å². The van der Waals surface area contributed by atoms with Crippen molar-refractivity contribution >= 4 is 0 Å². The molecule has 2 N–H and O–H groups in total. The second-order valence-corrected chi connectivity index (χ2v) is 5.82. The number of hydrogen-bond donors (Lipinski definition) is 2. The van der Waals surface area contributed by atoms with Gasteiger partial charge in [-0.3, -0.25) is 0 Å². The Morgan fingerprint density at radius 1 is 1.48 bits per heavy atom. The van der Waals surface area contributed by atoms with Crippen LogP contribution in [0.5, 0.6) is 5.75 Å². The highest BCUT2D eigenvalue weighted by atomic mass is 16.5. The Kier molecular flexibility index (Phi) is 5.57. The molecular formula is C16H22N2O3. The average Bonchev–Trinajstić information content (AvgIpc) is 2.43. The first kappa shape index (κ1) is 15.8. The number of likely N-dealkylation sites (N-methyl/N-ethyl adjacent to an activating group) is 1. The summed E-state index contributed by atoms with van der Waals surface area (Å²) in [6.07, 6.45) is 1.00. The zero-order valence-electron chi connectivity index (χ0n) is 12.3. The van der Waals surface area contributed by atoms with Crippen LogP contribution < -0.4 is 4.74 Å². The number of aliphatic hydroxyl groups is 2. The number of hydrogen-bond acceptors (Lipinski definition) is 5. The number of aliphatic hydroxyl groups excluding tert-OH is 2. The predicted octanol–water partition coefficient (Wildman–Crippen LogP) is 1.00. The fourth-order valence-electron chi connectivity index (χ4n) is 2.63. The molecule has 2 rings (SSSR count). The van der Waals surface area contributed by atoms with E-state index in [-0.39, 0.29) is 12.7 Å². The molecule has 1 saturated carbocycles. The van der Waals surface area contributed by atoms with Crippen LogP contribution in [0.1, 0.15) is 18.4 Å². The molecule has 1 aromatic carbocycles. The largest absolute Gasteiger partial charge is 0.491 e. The Hall–Kier alpha value is -1.61. The lowest BCUT2D eigenvalue weighted by molar-refractivity contribution is 0.0162. The SMILES string of the molecule is CN(CC(O)COc1cccc(C#N)c1)CC1CC(O)C1. The van der Waals surface area contributed by atoms with Crippen molar-refractivity contribution in [3.05, 3.63) is 29.8 Å². The van der Waals surface area contributed by atoms with E-state index in [9.17, 15) is 10.2 Å². The highest BCUT2D eigenvalue weighted by Gasteiger charge is 2.28. The third-order valence-corrected chi connectivity index (χ3v) is 3.71. The molecule has 0 radical (unpaired) electrons. The monoisotopic (exact) mass is 290 g/mol. The quantitative estimate of drug-likeness (QED) is 0.783. The molecule has 0 aromatic heterocycles. The Balaban J connectivity index is 1.69. The van der Waals surface area contributed by atoms with E-state index in [1.807, 2.05) is 7.05 Å². The smallest absolute Gasteiger partial charge is 0.120 e. The zero-order valence-corrected chi connectivity index (χ0v) is 12.3. The third-order valence-electron chi connectivity index (χ3n) is 3.71. The molecule has 5 heteroatoms. The van der Waals surface area contributed by atoms with E-state index in [2.05, 4.69) is 11.0 Å². The van der Waals surface area contributed by atoms with Crippen molar-refractivity contribution in [2.75, 3.05) is 26.7 Å². The van der Waals surface area contributed by atoms with Crippen LogP contribution >= 0.6 is 0 Å². The molecule has 114 valence electrons. The van der Waals surface area contributed by atoms with Crippen LogP contribution in [0.3, 0.4) is 0 Å². The number of benzene rings is 1. The highest BCUT2D eigenvalue weighted by molar-refractivity contribution is 5.36. The minimum absolute atomic E-state index is 0.135. The fourth-order valence-corrected chi connectivity index (χ4v) is 2.63. The van der Waals surface area contributed by atoms with Gasteiger partial charge in [0.1, 0.15) is 18.5 Å². The van der Waals surface area contributed by atoms with E-state index in [1.165, 1.54) is 0 Å². The first-order valence-electron chi connectivity index (χ1n) is 7.24. The molecule has 1 atom stereocenters. The highest BCUT2D eigenvalue weighted by Crippen LogP contribution is 2.27. The molecule has 0 amide bonds. The van der Waals surface area contributed by atoms with E-state index in [4.69, 9.17) is 10.00 Å². The van der Waals surface area contributed by atoms with Gasteiger partial charge in [0, 0.05) is 13.1 Å². The molecule has 0 heterocycles. The van der Waals surface area contributed by atoms with Gasteiger partial charge in [-0.15, -0.1) is 0 Å². The maximum absolute atomic E-state index is 9.98. The topological polar surface area (TPSA) is 76.7 Å². The number of ether oxygens (including phenoxy) is 1. The lowest BCUT2D eigenvalue weighted by atomic mass is 9.82. The molecule has 1 fully saturated rings. The summed E-state index contributed by atoms with van der Waals surface area (Å²) in [5, 5.41) is 28.0. The minimum atomic E-state index is -0.578. The summed E-state index contributed by atoms with van der Waals surface area (Å²) in [4.78, 5) is 2.07. The third kappa shape index (κ3) is 5.01.